The summed E-state index contributed by atoms with van der Waals surface area (Å²) in [6.45, 7) is 2.93. The molecule has 7 heteroatoms. The van der Waals surface area contributed by atoms with Crippen LogP contribution in [0, 0.1) is 6.92 Å². The van der Waals surface area contributed by atoms with Gasteiger partial charge in [0, 0.05) is 47.7 Å². The molecule has 0 fully saturated rings. The number of aryl methyl sites for hydroxylation is 2. The van der Waals surface area contributed by atoms with E-state index in [4.69, 9.17) is 0 Å². The minimum Gasteiger partial charge on any atom is -0.358 e. The number of carbonyl (C=O) groups is 1. The van der Waals surface area contributed by atoms with Gasteiger partial charge in [0.05, 0.1) is 11.1 Å². The molecule has 5 rings (SSSR count). The number of aromatic nitrogens is 2. The van der Waals surface area contributed by atoms with E-state index >= 15 is 0 Å². The van der Waals surface area contributed by atoms with Crippen LogP contribution in [0.3, 0.4) is 0 Å². The largest absolute Gasteiger partial charge is 0.418 e. The van der Waals surface area contributed by atoms with Gasteiger partial charge in [0.2, 0.25) is 5.91 Å². The predicted molar refractivity (Wildman–Crippen MR) is 145 cm³/mol. The third kappa shape index (κ3) is 5.47. The number of carbonyl (C=O) groups excluding carboxylic acids is 1. The van der Waals surface area contributed by atoms with Crippen LogP contribution in [0.25, 0.3) is 21.8 Å². The Bertz CT molecular complexity index is 1560. The molecule has 2 N–H and O–H groups in total. The van der Waals surface area contributed by atoms with E-state index in [1.165, 1.54) is 28.1 Å². The molecule has 0 spiro atoms. The van der Waals surface area contributed by atoms with Gasteiger partial charge in [-0.3, -0.25) is 4.79 Å². The lowest BCUT2D eigenvalue weighted by molar-refractivity contribution is -0.136. The molecule has 2 heterocycles. The maximum absolute atomic E-state index is 13.4. The first-order chi connectivity index (χ1) is 18.3. The standard InChI is InChI=1S/C31H30F3N3O/c1-21-24(26-13-8-14-27(30(26)36-21)31(32,33)34)17-18-35-29(38)16-7-11-23-20-37(19-22-9-3-2-4-10-22)28-15-6-5-12-25(23)28/h2-6,8-10,12-15,20,36H,7,11,16-19H2,1H3,(H,35,38). The summed E-state index contributed by atoms with van der Waals surface area (Å²) in [7, 11) is 0. The van der Waals surface area contributed by atoms with Crippen LogP contribution in [0.2, 0.25) is 0 Å². The molecule has 196 valence electrons. The zero-order valence-corrected chi connectivity index (χ0v) is 21.2. The highest BCUT2D eigenvalue weighted by atomic mass is 19.4. The molecule has 0 radical (unpaired) electrons. The number of hydrogen-bond donors (Lipinski definition) is 2. The first kappa shape index (κ1) is 25.6. The molecule has 0 unspecified atom stereocenters. The summed E-state index contributed by atoms with van der Waals surface area (Å²) in [6.07, 6.45) is 0.125. The number of H-pyrrole nitrogens is 1. The fourth-order valence-electron chi connectivity index (χ4n) is 5.25. The molecule has 3 aromatic carbocycles. The van der Waals surface area contributed by atoms with Crippen molar-refractivity contribution < 1.29 is 18.0 Å². The second-order valence-corrected chi connectivity index (χ2v) is 9.69. The first-order valence-electron chi connectivity index (χ1n) is 12.9. The maximum Gasteiger partial charge on any atom is 0.418 e. The minimum atomic E-state index is -4.42. The van der Waals surface area contributed by atoms with Crippen molar-refractivity contribution in [1.29, 1.82) is 0 Å². The average molecular weight is 518 g/mol. The van der Waals surface area contributed by atoms with Crippen LogP contribution in [0.5, 0.6) is 0 Å². The van der Waals surface area contributed by atoms with Crippen molar-refractivity contribution in [3.63, 3.8) is 0 Å². The average Bonchev–Trinajstić information content (AvgIpc) is 3.41. The lowest BCUT2D eigenvalue weighted by Crippen LogP contribution is -2.25. The Morgan fingerprint density at radius 2 is 1.66 bits per heavy atom. The smallest absolute Gasteiger partial charge is 0.358 e. The van der Waals surface area contributed by atoms with E-state index in [-0.39, 0.29) is 11.4 Å². The van der Waals surface area contributed by atoms with Gasteiger partial charge in [-0.15, -0.1) is 0 Å². The molecule has 0 bridgehead atoms. The van der Waals surface area contributed by atoms with Crippen LogP contribution >= 0.6 is 0 Å². The van der Waals surface area contributed by atoms with Gasteiger partial charge in [-0.1, -0.05) is 60.7 Å². The molecule has 38 heavy (non-hydrogen) atoms. The molecular formula is C31H30F3N3O. The third-order valence-electron chi connectivity index (χ3n) is 7.07. The lowest BCUT2D eigenvalue weighted by atomic mass is 10.0. The number of rotatable bonds is 9. The summed E-state index contributed by atoms with van der Waals surface area (Å²) in [5.74, 6) is -0.0495. The first-order valence-corrected chi connectivity index (χ1v) is 12.9. The summed E-state index contributed by atoms with van der Waals surface area (Å²) in [5, 5.41) is 4.70. The summed E-state index contributed by atoms with van der Waals surface area (Å²) in [6, 6.07) is 22.9. The van der Waals surface area contributed by atoms with Crippen molar-refractivity contribution in [3.05, 3.63) is 107 Å². The van der Waals surface area contributed by atoms with E-state index in [0.29, 0.717) is 36.9 Å². The maximum atomic E-state index is 13.4. The van der Waals surface area contributed by atoms with E-state index in [1.54, 1.807) is 13.0 Å². The molecule has 0 aliphatic heterocycles. The minimum absolute atomic E-state index is 0.0495. The van der Waals surface area contributed by atoms with Crippen molar-refractivity contribution in [3.8, 4) is 0 Å². The molecular weight excluding hydrogens is 487 g/mol. The number of nitrogens with one attached hydrogen (secondary N) is 2. The SMILES string of the molecule is Cc1[nH]c2c(C(F)(F)F)cccc2c1CCNC(=O)CCCc1cn(Cc2ccccc2)c2ccccc12. The number of amides is 1. The molecule has 4 nitrogen and oxygen atoms in total. The number of halogens is 3. The normalized spacial score (nSPS) is 11.9. The van der Waals surface area contributed by atoms with Crippen LogP contribution in [0.15, 0.2) is 79.0 Å². The quantitative estimate of drug-likeness (QED) is 0.214. The molecule has 1 amide bonds. The highest BCUT2D eigenvalue weighted by Crippen LogP contribution is 2.36. The second kappa shape index (κ2) is 10.8. The van der Waals surface area contributed by atoms with Crippen molar-refractivity contribution in [2.24, 2.45) is 0 Å². The Kier molecular flexibility index (Phi) is 7.27. The lowest BCUT2D eigenvalue weighted by Gasteiger charge is -2.08. The Balaban J connectivity index is 1.17. The van der Waals surface area contributed by atoms with E-state index in [0.717, 1.165) is 24.6 Å². The monoisotopic (exact) mass is 517 g/mol. The Labute approximate surface area is 219 Å². The number of para-hydroxylation sites is 2. The molecule has 0 saturated heterocycles. The van der Waals surface area contributed by atoms with Gasteiger partial charge < -0.3 is 14.9 Å². The molecule has 0 aliphatic rings. The number of benzene rings is 3. The van der Waals surface area contributed by atoms with Crippen molar-refractivity contribution in [1.82, 2.24) is 14.9 Å². The van der Waals surface area contributed by atoms with E-state index in [2.05, 4.69) is 45.3 Å². The third-order valence-corrected chi connectivity index (χ3v) is 7.07. The van der Waals surface area contributed by atoms with Gasteiger partial charge in [0.25, 0.3) is 0 Å². The van der Waals surface area contributed by atoms with Gasteiger partial charge in [-0.05, 0) is 55.0 Å². The molecule has 0 atom stereocenters. The summed E-state index contributed by atoms with van der Waals surface area (Å²) in [4.78, 5) is 15.4. The van der Waals surface area contributed by atoms with E-state index < -0.39 is 11.7 Å². The topological polar surface area (TPSA) is 49.8 Å². The second-order valence-electron chi connectivity index (χ2n) is 9.69. The van der Waals surface area contributed by atoms with Crippen molar-refractivity contribution in [2.45, 2.75) is 45.3 Å². The predicted octanol–water partition coefficient (Wildman–Crippen LogP) is 7.18. The molecule has 0 aliphatic carbocycles. The highest BCUT2D eigenvalue weighted by Gasteiger charge is 2.33. The van der Waals surface area contributed by atoms with Crippen LogP contribution in [-0.4, -0.2) is 22.0 Å². The Hall–Kier alpha value is -4.00. The van der Waals surface area contributed by atoms with Gasteiger partial charge in [0.15, 0.2) is 0 Å². The molecule has 0 saturated carbocycles. The highest BCUT2D eigenvalue weighted by molar-refractivity contribution is 5.88. The Morgan fingerprint density at radius 3 is 2.45 bits per heavy atom. The van der Waals surface area contributed by atoms with Crippen LogP contribution < -0.4 is 5.32 Å². The summed E-state index contributed by atoms with van der Waals surface area (Å²) in [5.41, 5.74) is 4.57. The van der Waals surface area contributed by atoms with Crippen LogP contribution in [-0.2, 0) is 30.4 Å². The Morgan fingerprint density at radius 1 is 0.921 bits per heavy atom. The van der Waals surface area contributed by atoms with Gasteiger partial charge in [-0.25, -0.2) is 0 Å². The van der Waals surface area contributed by atoms with Crippen LogP contribution in [0.1, 0.15) is 40.8 Å². The van der Waals surface area contributed by atoms with Crippen molar-refractivity contribution >= 4 is 27.7 Å². The zero-order valence-electron chi connectivity index (χ0n) is 21.2. The van der Waals surface area contributed by atoms with Crippen LogP contribution in [0.4, 0.5) is 13.2 Å². The fourth-order valence-corrected chi connectivity index (χ4v) is 5.25. The number of aromatic amines is 1. The van der Waals surface area contributed by atoms with Gasteiger partial charge in [-0.2, -0.15) is 13.2 Å². The number of fused-ring (bicyclic) bond motifs is 2. The summed E-state index contributed by atoms with van der Waals surface area (Å²) < 4.78 is 42.4. The molecule has 5 aromatic rings. The van der Waals surface area contributed by atoms with Gasteiger partial charge in [0.1, 0.15) is 0 Å². The van der Waals surface area contributed by atoms with E-state index in [9.17, 15) is 18.0 Å². The zero-order chi connectivity index (χ0) is 26.7. The van der Waals surface area contributed by atoms with Crippen molar-refractivity contribution in [2.75, 3.05) is 6.54 Å². The summed E-state index contributed by atoms with van der Waals surface area (Å²) >= 11 is 0. The number of nitrogens with zero attached hydrogens (tertiary/aromatic N) is 1. The number of alkyl halides is 3. The van der Waals surface area contributed by atoms with E-state index in [1.807, 2.05) is 30.3 Å². The molecule has 2 aromatic heterocycles. The number of hydrogen-bond acceptors (Lipinski definition) is 1. The fraction of sp³-hybridized carbons (Fsp3) is 0.258. The van der Waals surface area contributed by atoms with Gasteiger partial charge >= 0.3 is 6.18 Å².